The van der Waals surface area contributed by atoms with E-state index in [0.29, 0.717) is 39.1 Å². The SMILES string of the molecule is COC(=O)NC(C(=O)N1CCCC1c1nc2ccc(-c3cc4ccc(-c5cnc(C6CCCN6C(O)C(NC(=O)OC)C(C)C)[nH]5)cc4cn3)cc2[nH]1)C1CCOCC1. The Morgan fingerprint density at radius 1 is 0.831 bits per heavy atom. The summed E-state index contributed by atoms with van der Waals surface area (Å²) >= 11 is 0. The van der Waals surface area contributed by atoms with E-state index in [9.17, 15) is 19.5 Å². The molecule has 0 aliphatic carbocycles. The number of methoxy groups -OCH3 is 2. The van der Waals surface area contributed by atoms with E-state index in [0.717, 1.165) is 81.7 Å². The van der Waals surface area contributed by atoms with Crippen molar-refractivity contribution in [3.05, 3.63) is 66.5 Å². The summed E-state index contributed by atoms with van der Waals surface area (Å²) in [6.07, 6.45) is 6.32. The van der Waals surface area contributed by atoms with Crippen molar-refractivity contribution in [2.24, 2.45) is 11.8 Å². The first-order chi connectivity index (χ1) is 28.6. The zero-order chi connectivity index (χ0) is 41.2. The third kappa shape index (κ3) is 8.34. The number of imidazole rings is 2. The number of carbonyl (C=O) groups is 3. The van der Waals surface area contributed by atoms with Crippen molar-refractivity contribution in [3.8, 4) is 22.5 Å². The Bertz CT molecular complexity index is 2300. The summed E-state index contributed by atoms with van der Waals surface area (Å²) in [7, 11) is 2.62. The molecule has 0 saturated carbocycles. The van der Waals surface area contributed by atoms with Crippen LogP contribution in [0.3, 0.4) is 0 Å². The van der Waals surface area contributed by atoms with E-state index in [1.165, 1.54) is 14.2 Å². The smallest absolute Gasteiger partial charge is 0.407 e. The fourth-order valence-electron chi connectivity index (χ4n) is 8.96. The van der Waals surface area contributed by atoms with Gasteiger partial charge in [-0.25, -0.2) is 19.6 Å². The van der Waals surface area contributed by atoms with E-state index in [-0.39, 0.29) is 29.8 Å². The fourth-order valence-corrected chi connectivity index (χ4v) is 8.96. The van der Waals surface area contributed by atoms with Gasteiger partial charge in [0.05, 0.1) is 61.0 Å². The molecule has 5 unspecified atom stereocenters. The Kier molecular flexibility index (Phi) is 11.8. The van der Waals surface area contributed by atoms with Gasteiger partial charge in [0.15, 0.2) is 0 Å². The maximum absolute atomic E-state index is 14.0. The first kappa shape index (κ1) is 40.2. The van der Waals surface area contributed by atoms with Crippen LogP contribution in [0.25, 0.3) is 44.3 Å². The number of hydrogen-bond acceptors (Lipinski definition) is 11. The zero-order valence-corrected chi connectivity index (χ0v) is 33.9. The molecule has 0 radical (unpaired) electrons. The summed E-state index contributed by atoms with van der Waals surface area (Å²) in [4.78, 5) is 63.7. The molecular formula is C43H53N9O7. The first-order valence-corrected chi connectivity index (χ1v) is 20.6. The Morgan fingerprint density at radius 2 is 1.58 bits per heavy atom. The second kappa shape index (κ2) is 17.3. The number of aliphatic hydroxyl groups excluding tert-OH is 1. The van der Waals surface area contributed by atoms with E-state index >= 15 is 0 Å². The predicted molar refractivity (Wildman–Crippen MR) is 220 cm³/mol. The lowest BCUT2D eigenvalue weighted by Crippen LogP contribution is -2.54. The highest BCUT2D eigenvalue weighted by Crippen LogP contribution is 2.37. The van der Waals surface area contributed by atoms with Gasteiger partial charge in [-0.1, -0.05) is 32.0 Å². The van der Waals surface area contributed by atoms with Gasteiger partial charge in [-0.3, -0.25) is 14.7 Å². The van der Waals surface area contributed by atoms with E-state index in [2.05, 4.69) is 44.9 Å². The fraction of sp³-hybridized carbons (Fsp3) is 0.488. The van der Waals surface area contributed by atoms with E-state index in [1.807, 2.05) is 54.2 Å². The minimum Gasteiger partial charge on any atom is -0.453 e. The minimum absolute atomic E-state index is 0.0158. The first-order valence-electron chi connectivity index (χ1n) is 20.6. The molecule has 0 bridgehead atoms. The molecule has 5 N–H and O–H groups in total. The summed E-state index contributed by atoms with van der Waals surface area (Å²) in [6.45, 7) is 6.29. The number of rotatable bonds is 11. The van der Waals surface area contributed by atoms with Crippen LogP contribution in [-0.4, -0.2) is 117 Å². The van der Waals surface area contributed by atoms with Gasteiger partial charge in [-0.15, -0.1) is 0 Å². The van der Waals surface area contributed by atoms with Gasteiger partial charge in [0.2, 0.25) is 5.91 Å². The van der Waals surface area contributed by atoms with Crippen LogP contribution in [0.1, 0.15) is 76.1 Å². The van der Waals surface area contributed by atoms with Gasteiger partial charge in [-0.2, -0.15) is 0 Å². The lowest BCUT2D eigenvalue weighted by atomic mass is 9.90. The van der Waals surface area contributed by atoms with Gasteiger partial charge in [0.1, 0.15) is 23.9 Å². The number of nitrogens with zero attached hydrogens (tertiary/aromatic N) is 5. The van der Waals surface area contributed by atoms with Crippen LogP contribution in [0.5, 0.6) is 0 Å². The summed E-state index contributed by atoms with van der Waals surface area (Å²) in [5.41, 5.74) is 5.23. The number of carbonyl (C=O) groups excluding carboxylic acids is 3. The second-order valence-electron chi connectivity index (χ2n) is 16.1. The number of likely N-dealkylation sites (tertiary alicyclic amines) is 2. The Balaban J connectivity index is 0.977. The topological polar surface area (TPSA) is 200 Å². The van der Waals surface area contributed by atoms with E-state index in [1.54, 1.807) is 0 Å². The standard InChI is InChI=1S/C43H53N9O7/c1-24(2)36(49-42(55)57-3)40(53)51-15-5-7-34(51)38-45-23-33(48-38)27-10-9-26-20-31(44-22-29(26)19-27)28-11-12-30-32(21-28)47-39(46-30)35-8-6-16-52(35)41(54)37(50-43(56)58-4)25-13-17-59-18-14-25/h9-12,19-25,34-37,40,53H,5-8,13-18H2,1-4H3,(H,45,48)(H,46,47)(H,49,55)(H,50,56). The van der Waals surface area contributed by atoms with Crippen molar-refractivity contribution in [1.82, 2.24) is 45.4 Å². The average molecular weight is 808 g/mol. The molecule has 3 aliphatic rings. The molecular weight excluding hydrogens is 755 g/mol. The van der Waals surface area contributed by atoms with Crippen molar-refractivity contribution in [1.29, 1.82) is 0 Å². The number of hydrogen-bond donors (Lipinski definition) is 5. The van der Waals surface area contributed by atoms with Crippen LogP contribution in [0, 0.1) is 11.8 Å². The zero-order valence-electron chi connectivity index (χ0n) is 33.9. The number of fused-ring (bicyclic) bond motifs is 2. The number of benzene rings is 2. The molecule has 3 fully saturated rings. The molecule has 6 heterocycles. The molecule has 0 spiro atoms. The molecule has 59 heavy (non-hydrogen) atoms. The largest absolute Gasteiger partial charge is 0.453 e. The number of nitrogens with one attached hydrogen (secondary N) is 4. The quantitative estimate of drug-likeness (QED) is 0.108. The van der Waals surface area contributed by atoms with Crippen LogP contribution < -0.4 is 10.6 Å². The molecule has 5 aromatic rings. The highest BCUT2D eigenvalue weighted by atomic mass is 16.5. The number of alkyl carbamates (subject to hydrolysis) is 2. The summed E-state index contributed by atoms with van der Waals surface area (Å²) < 4.78 is 15.2. The maximum Gasteiger partial charge on any atom is 0.407 e. The lowest BCUT2D eigenvalue weighted by molar-refractivity contribution is -0.136. The van der Waals surface area contributed by atoms with Crippen LogP contribution >= 0.6 is 0 Å². The molecule has 3 amide bonds. The van der Waals surface area contributed by atoms with Gasteiger partial charge in [0.25, 0.3) is 0 Å². The number of ether oxygens (including phenoxy) is 3. The molecule has 8 rings (SSSR count). The molecule has 312 valence electrons. The summed E-state index contributed by atoms with van der Waals surface area (Å²) in [5, 5.41) is 19.0. The van der Waals surface area contributed by atoms with Crippen LogP contribution in [0.15, 0.2) is 54.9 Å². The predicted octanol–water partition coefficient (Wildman–Crippen LogP) is 5.82. The number of aromatic amines is 2. The molecule has 3 aliphatic heterocycles. The maximum atomic E-state index is 14.0. The summed E-state index contributed by atoms with van der Waals surface area (Å²) in [6, 6.07) is 12.8. The molecule has 16 nitrogen and oxygen atoms in total. The number of amides is 3. The number of aromatic nitrogens is 5. The van der Waals surface area contributed by atoms with Crippen molar-refractivity contribution in [3.63, 3.8) is 0 Å². The third-order valence-electron chi connectivity index (χ3n) is 12.2. The molecule has 3 saturated heterocycles. The van der Waals surface area contributed by atoms with Crippen LogP contribution in [0.2, 0.25) is 0 Å². The highest BCUT2D eigenvalue weighted by Gasteiger charge is 2.41. The van der Waals surface area contributed by atoms with E-state index in [4.69, 9.17) is 29.2 Å². The monoisotopic (exact) mass is 807 g/mol. The molecule has 3 aromatic heterocycles. The Morgan fingerprint density at radius 3 is 2.36 bits per heavy atom. The number of aliphatic hydroxyl groups is 1. The van der Waals surface area contributed by atoms with Gasteiger partial charge in [-0.05, 0) is 80.0 Å². The third-order valence-corrected chi connectivity index (χ3v) is 12.2. The van der Waals surface area contributed by atoms with Crippen molar-refractivity contribution < 1.29 is 33.7 Å². The second-order valence-corrected chi connectivity index (χ2v) is 16.1. The summed E-state index contributed by atoms with van der Waals surface area (Å²) in [5.74, 6) is 1.32. The van der Waals surface area contributed by atoms with E-state index < -0.39 is 30.5 Å². The minimum atomic E-state index is -0.904. The molecule has 2 aromatic carbocycles. The number of pyridine rings is 1. The van der Waals surface area contributed by atoms with Gasteiger partial charge >= 0.3 is 12.2 Å². The van der Waals surface area contributed by atoms with Gasteiger partial charge in [0, 0.05) is 49.0 Å². The molecule has 5 atom stereocenters. The lowest BCUT2D eigenvalue weighted by Gasteiger charge is -2.35. The highest BCUT2D eigenvalue weighted by molar-refractivity contribution is 5.90. The Labute approximate surface area is 342 Å². The van der Waals surface area contributed by atoms with Crippen molar-refractivity contribution in [2.45, 2.75) is 82.8 Å². The Hall–Kier alpha value is -5.58. The average Bonchev–Trinajstić information content (AvgIpc) is 4.10. The van der Waals surface area contributed by atoms with Crippen molar-refractivity contribution in [2.75, 3.05) is 40.5 Å². The number of H-pyrrole nitrogens is 2. The van der Waals surface area contributed by atoms with Crippen molar-refractivity contribution >= 4 is 39.9 Å². The van der Waals surface area contributed by atoms with Gasteiger partial charge < -0.3 is 44.8 Å². The van der Waals surface area contributed by atoms with Crippen LogP contribution in [0.4, 0.5) is 9.59 Å². The van der Waals surface area contributed by atoms with Crippen LogP contribution in [-0.2, 0) is 19.0 Å². The molecule has 16 heteroatoms. The normalized spacial score (nSPS) is 20.5.